The first-order chi connectivity index (χ1) is 16.1. The molecule has 0 unspecified atom stereocenters. The fourth-order valence-corrected chi connectivity index (χ4v) is 3.74. The SMILES string of the molecule is CC(=O)O.CC(=O)Oc1cccc(C=c2sc3nc(-c4ccccc4OC(C)=O)nn3c2=O)c1. The second kappa shape index (κ2) is 10.5. The van der Waals surface area contributed by atoms with Crippen molar-refractivity contribution < 1.29 is 29.0 Å². The predicted octanol–water partition coefficient (Wildman–Crippen LogP) is 2.31. The number of carbonyl (C=O) groups is 3. The van der Waals surface area contributed by atoms with Gasteiger partial charge in [0.2, 0.25) is 4.96 Å². The van der Waals surface area contributed by atoms with E-state index < -0.39 is 17.9 Å². The zero-order valence-electron chi connectivity index (χ0n) is 18.3. The van der Waals surface area contributed by atoms with Crippen LogP contribution in [-0.4, -0.2) is 37.6 Å². The molecule has 2 heterocycles. The summed E-state index contributed by atoms with van der Waals surface area (Å²) in [6.07, 6.45) is 1.68. The number of esters is 2. The van der Waals surface area contributed by atoms with Crippen LogP contribution in [0.2, 0.25) is 0 Å². The highest BCUT2D eigenvalue weighted by Gasteiger charge is 2.16. The van der Waals surface area contributed by atoms with Crippen LogP contribution in [0.4, 0.5) is 0 Å². The summed E-state index contributed by atoms with van der Waals surface area (Å²) in [4.78, 5) is 49.1. The van der Waals surface area contributed by atoms with Gasteiger partial charge >= 0.3 is 11.9 Å². The summed E-state index contributed by atoms with van der Waals surface area (Å²) in [5.74, 6) is -0.700. The van der Waals surface area contributed by atoms with Crippen molar-refractivity contribution in [3.8, 4) is 22.9 Å². The number of fused-ring (bicyclic) bond motifs is 1. The van der Waals surface area contributed by atoms with Crippen LogP contribution in [0.15, 0.2) is 53.3 Å². The molecule has 11 heteroatoms. The van der Waals surface area contributed by atoms with E-state index in [4.69, 9.17) is 19.4 Å². The molecule has 4 rings (SSSR count). The zero-order valence-corrected chi connectivity index (χ0v) is 19.2. The van der Waals surface area contributed by atoms with Gasteiger partial charge in [0.1, 0.15) is 11.5 Å². The Hall–Kier alpha value is -4.38. The highest BCUT2D eigenvalue weighted by Crippen LogP contribution is 2.27. The molecule has 0 spiro atoms. The van der Waals surface area contributed by atoms with Crippen molar-refractivity contribution in [2.24, 2.45) is 0 Å². The largest absolute Gasteiger partial charge is 0.481 e. The van der Waals surface area contributed by atoms with Gasteiger partial charge in [-0.25, -0.2) is 0 Å². The number of hydrogen-bond acceptors (Lipinski definition) is 9. The second-order valence-corrected chi connectivity index (χ2v) is 7.83. The van der Waals surface area contributed by atoms with Gasteiger partial charge in [0.15, 0.2) is 5.82 Å². The van der Waals surface area contributed by atoms with Gasteiger partial charge in [0.25, 0.3) is 11.5 Å². The molecule has 2 aromatic carbocycles. The summed E-state index contributed by atoms with van der Waals surface area (Å²) in [5.41, 5.74) is 0.898. The molecule has 0 saturated carbocycles. The van der Waals surface area contributed by atoms with Crippen LogP contribution < -0.4 is 19.6 Å². The van der Waals surface area contributed by atoms with E-state index in [0.717, 1.165) is 6.92 Å². The molecule has 0 atom stereocenters. The van der Waals surface area contributed by atoms with Crippen molar-refractivity contribution in [2.75, 3.05) is 0 Å². The lowest BCUT2D eigenvalue weighted by Crippen LogP contribution is -2.23. The number of nitrogens with zero attached hydrogens (tertiary/aromatic N) is 3. The maximum absolute atomic E-state index is 12.8. The number of ether oxygens (including phenoxy) is 2. The van der Waals surface area contributed by atoms with Gasteiger partial charge < -0.3 is 14.6 Å². The van der Waals surface area contributed by atoms with E-state index in [9.17, 15) is 14.4 Å². The fourth-order valence-electron chi connectivity index (χ4n) is 2.83. The highest BCUT2D eigenvalue weighted by atomic mass is 32.1. The molecule has 0 bridgehead atoms. The van der Waals surface area contributed by atoms with Gasteiger partial charge in [-0.2, -0.15) is 9.50 Å². The highest BCUT2D eigenvalue weighted by molar-refractivity contribution is 7.15. The van der Waals surface area contributed by atoms with E-state index in [1.807, 2.05) is 0 Å². The number of rotatable bonds is 4. The third kappa shape index (κ3) is 6.11. The molecule has 0 aliphatic rings. The molecule has 34 heavy (non-hydrogen) atoms. The van der Waals surface area contributed by atoms with Gasteiger partial charge in [0.05, 0.1) is 10.1 Å². The topological polar surface area (TPSA) is 137 Å². The third-order valence-electron chi connectivity index (χ3n) is 3.98. The zero-order chi connectivity index (χ0) is 24.8. The summed E-state index contributed by atoms with van der Waals surface area (Å²) in [5, 5.41) is 11.7. The minimum atomic E-state index is -0.833. The summed E-state index contributed by atoms with van der Waals surface area (Å²) >= 11 is 1.18. The van der Waals surface area contributed by atoms with Gasteiger partial charge in [-0.3, -0.25) is 19.2 Å². The van der Waals surface area contributed by atoms with E-state index in [2.05, 4.69) is 10.1 Å². The summed E-state index contributed by atoms with van der Waals surface area (Å²) in [6, 6.07) is 13.7. The monoisotopic (exact) mass is 481 g/mol. The Kier molecular flexibility index (Phi) is 7.49. The predicted molar refractivity (Wildman–Crippen MR) is 124 cm³/mol. The molecule has 4 aromatic rings. The number of thiazole rings is 1. The number of carboxylic acid groups (broad SMARTS) is 1. The Morgan fingerprint density at radius 3 is 2.32 bits per heavy atom. The Labute approximate surface area is 196 Å². The molecular formula is C23H19N3O7S. The van der Waals surface area contributed by atoms with E-state index in [1.54, 1.807) is 54.6 Å². The van der Waals surface area contributed by atoms with Crippen molar-refractivity contribution in [1.82, 2.24) is 14.6 Å². The van der Waals surface area contributed by atoms with Crippen LogP contribution >= 0.6 is 11.3 Å². The first-order valence-corrected chi connectivity index (χ1v) is 10.6. The molecule has 0 aliphatic carbocycles. The van der Waals surface area contributed by atoms with Crippen LogP contribution in [0, 0.1) is 0 Å². The number of carbonyl (C=O) groups excluding carboxylic acids is 2. The van der Waals surface area contributed by atoms with Crippen molar-refractivity contribution >= 4 is 40.3 Å². The first-order valence-electron chi connectivity index (χ1n) is 9.81. The smallest absolute Gasteiger partial charge is 0.308 e. The number of aromatic nitrogens is 3. The van der Waals surface area contributed by atoms with Crippen LogP contribution in [0.1, 0.15) is 26.3 Å². The molecule has 0 saturated heterocycles. The van der Waals surface area contributed by atoms with Crippen LogP contribution in [0.5, 0.6) is 11.5 Å². The molecule has 0 aliphatic heterocycles. The van der Waals surface area contributed by atoms with Crippen LogP contribution in [0.3, 0.4) is 0 Å². The molecule has 1 N–H and O–H groups in total. The van der Waals surface area contributed by atoms with Gasteiger partial charge in [-0.1, -0.05) is 35.6 Å². The minimum absolute atomic E-state index is 0.290. The fraction of sp³-hybridized carbons (Fsp3) is 0.130. The maximum atomic E-state index is 12.8. The number of hydrogen-bond donors (Lipinski definition) is 1. The standard InChI is InChI=1S/C21H15N3O5S.C2H4O2/c1-12(25)28-15-7-5-6-14(10-15)11-18-20(27)24-21(30-18)22-19(23-24)16-8-3-4-9-17(16)29-13(2)26;1-2(3)4/h3-11H,1-2H3;1H3,(H,3,4). The van der Waals surface area contributed by atoms with E-state index in [1.165, 1.54) is 29.7 Å². The Balaban J connectivity index is 0.000000751. The quantitative estimate of drug-likeness (QED) is 0.344. The molecule has 174 valence electrons. The molecule has 10 nitrogen and oxygen atoms in total. The lowest BCUT2D eigenvalue weighted by atomic mass is 10.2. The average molecular weight is 481 g/mol. The third-order valence-corrected chi connectivity index (χ3v) is 4.94. The summed E-state index contributed by atoms with van der Waals surface area (Å²) in [6.45, 7) is 3.72. The Bertz CT molecular complexity index is 1490. The maximum Gasteiger partial charge on any atom is 0.308 e. The first kappa shape index (κ1) is 24.3. The Morgan fingerprint density at radius 1 is 1.00 bits per heavy atom. The van der Waals surface area contributed by atoms with Crippen molar-refractivity contribution in [2.45, 2.75) is 20.8 Å². The van der Waals surface area contributed by atoms with Crippen molar-refractivity contribution in [3.63, 3.8) is 0 Å². The molecule has 0 amide bonds. The lowest BCUT2D eigenvalue weighted by molar-refractivity contribution is -0.134. The number of carboxylic acids is 1. The summed E-state index contributed by atoms with van der Waals surface area (Å²) in [7, 11) is 0. The van der Waals surface area contributed by atoms with Crippen LogP contribution in [-0.2, 0) is 14.4 Å². The molecule has 0 fully saturated rings. The second-order valence-electron chi connectivity index (χ2n) is 6.82. The van der Waals surface area contributed by atoms with Crippen molar-refractivity contribution in [1.29, 1.82) is 0 Å². The van der Waals surface area contributed by atoms with Gasteiger partial charge in [-0.15, -0.1) is 5.10 Å². The van der Waals surface area contributed by atoms with Gasteiger partial charge in [-0.05, 0) is 35.9 Å². The van der Waals surface area contributed by atoms with Gasteiger partial charge in [0, 0.05) is 20.8 Å². The summed E-state index contributed by atoms with van der Waals surface area (Å²) < 4.78 is 11.9. The molecular weight excluding hydrogens is 462 g/mol. The minimum Gasteiger partial charge on any atom is -0.481 e. The molecule has 0 radical (unpaired) electrons. The normalized spacial score (nSPS) is 11.0. The number of benzene rings is 2. The molecule has 2 aromatic heterocycles. The van der Waals surface area contributed by atoms with E-state index >= 15 is 0 Å². The lowest BCUT2D eigenvalue weighted by Gasteiger charge is -2.04. The number of para-hydroxylation sites is 1. The van der Waals surface area contributed by atoms with Crippen molar-refractivity contribution in [3.05, 3.63) is 69.0 Å². The average Bonchev–Trinajstić information content (AvgIpc) is 3.27. The van der Waals surface area contributed by atoms with Crippen LogP contribution in [0.25, 0.3) is 22.4 Å². The Morgan fingerprint density at radius 2 is 1.68 bits per heavy atom. The van der Waals surface area contributed by atoms with E-state index in [-0.39, 0.29) is 5.56 Å². The number of aliphatic carboxylic acids is 1. The van der Waals surface area contributed by atoms with E-state index in [0.29, 0.717) is 37.9 Å².